The van der Waals surface area contributed by atoms with Crippen LogP contribution in [0.5, 0.6) is 0 Å². The molecule has 29 heavy (non-hydrogen) atoms. The van der Waals surface area contributed by atoms with Crippen molar-refractivity contribution < 1.29 is 24.8 Å². The van der Waals surface area contributed by atoms with Crippen LogP contribution in [0.4, 0.5) is 0 Å². The van der Waals surface area contributed by atoms with E-state index in [1.54, 1.807) is 0 Å². The molecule has 3 N–H and O–H groups in total. The van der Waals surface area contributed by atoms with E-state index in [0.717, 1.165) is 19.3 Å². The minimum atomic E-state index is -1.000. The Labute approximate surface area is 178 Å². The lowest BCUT2D eigenvalue weighted by molar-refractivity contribution is -0.0938. The summed E-state index contributed by atoms with van der Waals surface area (Å²) < 4.78 is 11.0. The maximum absolute atomic E-state index is 9.89. The van der Waals surface area contributed by atoms with E-state index in [-0.39, 0.29) is 13.2 Å². The average Bonchev–Trinajstić information content (AvgIpc) is 3.10. The van der Waals surface area contributed by atoms with Crippen molar-refractivity contribution >= 4 is 0 Å². The molecule has 1 saturated heterocycles. The second-order valence-corrected chi connectivity index (χ2v) is 8.36. The molecule has 1 aliphatic rings. The molecule has 1 aliphatic heterocycles. The normalized spacial score (nSPS) is 23.2. The number of aliphatic hydroxyl groups is 3. The monoisotopic (exact) mass is 414 g/mol. The summed E-state index contributed by atoms with van der Waals surface area (Å²) in [6.45, 7) is 2.52. The lowest BCUT2D eigenvalue weighted by atomic mass is 10.0. The predicted octanol–water partition coefficient (Wildman–Crippen LogP) is 4.52. The molecular formula is C24H46O5. The van der Waals surface area contributed by atoms with Crippen molar-refractivity contribution in [2.75, 3.05) is 19.8 Å². The summed E-state index contributed by atoms with van der Waals surface area (Å²) in [4.78, 5) is 0. The van der Waals surface area contributed by atoms with E-state index < -0.39 is 24.4 Å². The molecular weight excluding hydrogens is 368 g/mol. The molecule has 1 heterocycles. The van der Waals surface area contributed by atoms with Crippen molar-refractivity contribution in [1.82, 2.24) is 0 Å². The van der Waals surface area contributed by atoms with Gasteiger partial charge in [-0.05, 0) is 25.7 Å². The van der Waals surface area contributed by atoms with Gasteiger partial charge in [-0.25, -0.2) is 0 Å². The van der Waals surface area contributed by atoms with Crippen molar-refractivity contribution in [3.05, 3.63) is 12.2 Å². The van der Waals surface area contributed by atoms with Crippen LogP contribution in [0.2, 0.25) is 0 Å². The van der Waals surface area contributed by atoms with Crippen LogP contribution in [-0.2, 0) is 9.47 Å². The Morgan fingerprint density at radius 3 is 2.00 bits per heavy atom. The number of aliphatic hydroxyl groups excluding tert-OH is 3. The molecule has 0 bridgehead atoms. The van der Waals surface area contributed by atoms with Gasteiger partial charge < -0.3 is 24.8 Å². The Kier molecular flexibility index (Phi) is 16.8. The predicted molar refractivity (Wildman–Crippen MR) is 118 cm³/mol. The summed E-state index contributed by atoms with van der Waals surface area (Å²) in [5, 5.41) is 28.7. The topological polar surface area (TPSA) is 79.2 Å². The van der Waals surface area contributed by atoms with E-state index in [9.17, 15) is 10.2 Å². The van der Waals surface area contributed by atoms with Crippen LogP contribution < -0.4 is 0 Å². The van der Waals surface area contributed by atoms with Gasteiger partial charge in [-0.1, -0.05) is 83.3 Å². The molecule has 0 aromatic carbocycles. The molecule has 0 amide bonds. The van der Waals surface area contributed by atoms with E-state index in [1.165, 1.54) is 70.6 Å². The summed E-state index contributed by atoms with van der Waals surface area (Å²) in [6.07, 6.45) is 19.6. The van der Waals surface area contributed by atoms with E-state index >= 15 is 0 Å². The third-order valence-corrected chi connectivity index (χ3v) is 5.71. The lowest BCUT2D eigenvalue weighted by Crippen LogP contribution is -2.42. The molecule has 4 atom stereocenters. The zero-order chi connectivity index (χ0) is 21.2. The van der Waals surface area contributed by atoms with Crippen LogP contribution >= 0.6 is 0 Å². The first-order chi connectivity index (χ1) is 14.2. The number of unbranched alkanes of at least 4 members (excludes halogenated alkanes) is 12. The van der Waals surface area contributed by atoms with Crippen LogP contribution in [-0.4, -0.2) is 59.6 Å². The van der Waals surface area contributed by atoms with Crippen molar-refractivity contribution in [1.29, 1.82) is 0 Å². The fourth-order valence-electron chi connectivity index (χ4n) is 3.89. The van der Waals surface area contributed by atoms with Gasteiger partial charge >= 0.3 is 0 Å². The number of ether oxygens (including phenoxy) is 2. The Morgan fingerprint density at radius 1 is 0.897 bits per heavy atom. The molecule has 5 nitrogen and oxygen atoms in total. The second kappa shape index (κ2) is 18.3. The number of allylic oxidation sites excluding steroid dienone is 2. The Bertz CT molecular complexity index is 387. The number of rotatable bonds is 19. The molecule has 0 radical (unpaired) electrons. The van der Waals surface area contributed by atoms with Crippen LogP contribution in [0.15, 0.2) is 12.2 Å². The fourth-order valence-corrected chi connectivity index (χ4v) is 3.89. The minimum absolute atomic E-state index is 0.155. The highest BCUT2D eigenvalue weighted by Gasteiger charge is 2.40. The maximum Gasteiger partial charge on any atom is 0.114 e. The summed E-state index contributed by atoms with van der Waals surface area (Å²) >= 11 is 0. The molecule has 172 valence electrons. The fraction of sp³-hybridized carbons (Fsp3) is 0.917. The van der Waals surface area contributed by atoms with E-state index in [1.807, 2.05) is 0 Å². The maximum atomic E-state index is 9.89. The molecule has 0 aliphatic carbocycles. The van der Waals surface area contributed by atoms with Gasteiger partial charge in [0, 0.05) is 6.61 Å². The van der Waals surface area contributed by atoms with Gasteiger partial charge in [-0.3, -0.25) is 0 Å². The average molecular weight is 415 g/mol. The standard InChI is InChI=1S/C24H46O5/c1-2-3-4-5-6-7-8-9-10-11-12-13-14-15-16-17-18-28-24-22(27)20-29-23(24)21(26)19-25/h3-4,21-27H,2,5-20H2,1H3/b4-3+/t21-,22+,23-,24-/m1/s1. The highest BCUT2D eigenvalue weighted by molar-refractivity contribution is 4.89. The van der Waals surface area contributed by atoms with Crippen LogP contribution in [0.1, 0.15) is 96.8 Å². The first-order valence-electron chi connectivity index (χ1n) is 12.1. The zero-order valence-corrected chi connectivity index (χ0v) is 18.6. The molecule has 1 fully saturated rings. The third-order valence-electron chi connectivity index (χ3n) is 5.71. The Hall–Kier alpha value is -0.460. The smallest absolute Gasteiger partial charge is 0.114 e. The number of hydrogen-bond donors (Lipinski definition) is 3. The summed E-state index contributed by atoms with van der Waals surface area (Å²) in [7, 11) is 0. The first kappa shape index (κ1) is 26.6. The van der Waals surface area contributed by atoms with Crippen molar-refractivity contribution in [2.24, 2.45) is 0 Å². The molecule has 0 unspecified atom stereocenters. The molecule has 0 saturated carbocycles. The van der Waals surface area contributed by atoms with Crippen molar-refractivity contribution in [3.8, 4) is 0 Å². The van der Waals surface area contributed by atoms with Crippen LogP contribution in [0.3, 0.4) is 0 Å². The summed E-state index contributed by atoms with van der Waals surface area (Å²) in [5.41, 5.74) is 0. The van der Waals surface area contributed by atoms with Crippen LogP contribution in [0, 0.1) is 0 Å². The molecule has 1 rings (SSSR count). The quantitative estimate of drug-likeness (QED) is 0.214. The molecule has 5 heteroatoms. The van der Waals surface area contributed by atoms with Gasteiger partial charge in [0.2, 0.25) is 0 Å². The minimum Gasteiger partial charge on any atom is -0.394 e. The van der Waals surface area contributed by atoms with Gasteiger partial charge in [0.15, 0.2) is 0 Å². The van der Waals surface area contributed by atoms with Gasteiger partial charge in [-0.15, -0.1) is 0 Å². The van der Waals surface area contributed by atoms with Gasteiger partial charge in [0.05, 0.1) is 13.2 Å². The Balaban J connectivity index is 1.84. The lowest BCUT2D eigenvalue weighted by Gasteiger charge is -2.23. The summed E-state index contributed by atoms with van der Waals surface area (Å²) in [5.74, 6) is 0. The van der Waals surface area contributed by atoms with Gasteiger partial charge in [0.25, 0.3) is 0 Å². The SMILES string of the molecule is CC/C=C/CCCCCCCCCCCCCCO[C@H]1[C@@H]([C@H](O)CO)OC[C@@H]1O. The Morgan fingerprint density at radius 2 is 1.45 bits per heavy atom. The van der Waals surface area contributed by atoms with Crippen molar-refractivity contribution in [3.63, 3.8) is 0 Å². The number of hydrogen-bond acceptors (Lipinski definition) is 5. The highest BCUT2D eigenvalue weighted by Crippen LogP contribution is 2.21. The molecule has 0 aromatic rings. The van der Waals surface area contributed by atoms with Crippen molar-refractivity contribution in [2.45, 2.75) is 121 Å². The van der Waals surface area contributed by atoms with E-state index in [2.05, 4.69) is 19.1 Å². The first-order valence-corrected chi connectivity index (χ1v) is 12.1. The molecule has 0 aromatic heterocycles. The van der Waals surface area contributed by atoms with E-state index in [0.29, 0.717) is 6.61 Å². The summed E-state index contributed by atoms with van der Waals surface area (Å²) in [6, 6.07) is 0. The van der Waals surface area contributed by atoms with Gasteiger partial charge in [0.1, 0.15) is 24.4 Å². The zero-order valence-electron chi connectivity index (χ0n) is 18.6. The third kappa shape index (κ3) is 12.7. The highest BCUT2D eigenvalue weighted by atomic mass is 16.6. The second-order valence-electron chi connectivity index (χ2n) is 8.36. The van der Waals surface area contributed by atoms with E-state index in [4.69, 9.17) is 14.6 Å². The molecule has 0 spiro atoms. The largest absolute Gasteiger partial charge is 0.394 e. The van der Waals surface area contributed by atoms with Crippen LogP contribution in [0.25, 0.3) is 0 Å². The van der Waals surface area contributed by atoms with Gasteiger partial charge in [-0.2, -0.15) is 0 Å².